The van der Waals surface area contributed by atoms with Crippen molar-refractivity contribution in [2.24, 2.45) is 0 Å². The fraction of sp³-hybridized carbons (Fsp3) is 0.300. The first-order valence-electron chi connectivity index (χ1n) is 8.17. The van der Waals surface area contributed by atoms with Gasteiger partial charge in [0.05, 0.1) is 11.1 Å². The molecule has 24 heavy (non-hydrogen) atoms. The lowest BCUT2D eigenvalue weighted by Crippen LogP contribution is -2.25. The minimum Gasteiger partial charge on any atom is -0.487 e. The number of nitrogen functional groups attached to an aromatic ring is 1. The number of hydrogen-bond donors (Lipinski definition) is 2. The number of aryl methyl sites for hydroxylation is 3. The number of thioether (sulfide) groups is 1. The summed E-state index contributed by atoms with van der Waals surface area (Å²) in [4.78, 5) is 0. The van der Waals surface area contributed by atoms with Crippen LogP contribution in [0.25, 0.3) is 0 Å². The monoisotopic (exact) mass is 340 g/mol. The first kappa shape index (κ1) is 16.8. The second-order valence-electron chi connectivity index (χ2n) is 6.35. The zero-order chi connectivity index (χ0) is 17.1. The second-order valence-corrected chi connectivity index (χ2v) is 7.43. The van der Waals surface area contributed by atoms with Crippen LogP contribution in [0.5, 0.6) is 5.75 Å². The van der Waals surface area contributed by atoms with Crippen LogP contribution >= 0.6 is 11.8 Å². The van der Waals surface area contributed by atoms with Gasteiger partial charge in [0, 0.05) is 12.1 Å². The summed E-state index contributed by atoms with van der Waals surface area (Å²) < 4.78 is 5.84. The summed E-state index contributed by atoms with van der Waals surface area (Å²) >= 11 is 1.82. The molecule has 4 heteroatoms. The number of ether oxygens (including phenoxy) is 1. The SMILES string of the molecule is Cc1ccc(OCC2=CSC(Cc3cc(C)c(N)cc3C)N2)cc1. The topological polar surface area (TPSA) is 47.3 Å². The van der Waals surface area contributed by atoms with E-state index >= 15 is 0 Å². The number of nitrogens with two attached hydrogens (primary N) is 1. The van der Waals surface area contributed by atoms with Crippen molar-refractivity contribution in [2.45, 2.75) is 32.6 Å². The number of hydrogen-bond acceptors (Lipinski definition) is 4. The normalized spacial score (nSPS) is 16.6. The van der Waals surface area contributed by atoms with E-state index in [1.165, 1.54) is 16.7 Å². The number of rotatable bonds is 5. The van der Waals surface area contributed by atoms with Crippen LogP contribution in [-0.4, -0.2) is 12.0 Å². The third kappa shape index (κ3) is 4.06. The van der Waals surface area contributed by atoms with Gasteiger partial charge in [-0.25, -0.2) is 0 Å². The minimum atomic E-state index is 0.350. The quantitative estimate of drug-likeness (QED) is 0.796. The van der Waals surface area contributed by atoms with Gasteiger partial charge in [-0.05, 0) is 61.1 Å². The first-order chi connectivity index (χ1) is 11.5. The van der Waals surface area contributed by atoms with Gasteiger partial charge in [0.1, 0.15) is 12.4 Å². The number of anilines is 1. The third-order valence-corrected chi connectivity index (χ3v) is 5.30. The van der Waals surface area contributed by atoms with Crippen LogP contribution in [0.2, 0.25) is 0 Å². The Labute approximate surface area is 148 Å². The molecule has 1 aliphatic rings. The van der Waals surface area contributed by atoms with E-state index in [1.807, 2.05) is 23.9 Å². The molecule has 0 amide bonds. The lowest BCUT2D eigenvalue weighted by molar-refractivity contribution is 0.342. The highest BCUT2D eigenvalue weighted by molar-refractivity contribution is 8.02. The lowest BCUT2D eigenvalue weighted by Gasteiger charge is -2.16. The Kier molecular flexibility index (Phi) is 5.05. The molecule has 1 heterocycles. The summed E-state index contributed by atoms with van der Waals surface area (Å²) in [7, 11) is 0. The highest BCUT2D eigenvalue weighted by Crippen LogP contribution is 2.27. The predicted molar refractivity (Wildman–Crippen MR) is 103 cm³/mol. The molecule has 0 aliphatic carbocycles. The zero-order valence-corrected chi connectivity index (χ0v) is 15.2. The molecule has 0 fully saturated rings. The molecule has 1 aliphatic heterocycles. The fourth-order valence-electron chi connectivity index (χ4n) is 2.73. The van der Waals surface area contributed by atoms with Gasteiger partial charge in [-0.1, -0.05) is 23.8 Å². The molecule has 2 aromatic rings. The Morgan fingerprint density at radius 2 is 1.83 bits per heavy atom. The molecule has 0 spiro atoms. The van der Waals surface area contributed by atoms with E-state index in [0.717, 1.165) is 29.1 Å². The largest absolute Gasteiger partial charge is 0.487 e. The van der Waals surface area contributed by atoms with E-state index in [9.17, 15) is 0 Å². The molecule has 0 saturated heterocycles. The summed E-state index contributed by atoms with van der Waals surface area (Å²) in [6, 6.07) is 12.4. The average Bonchev–Trinajstić information content (AvgIpc) is 3.00. The Balaban J connectivity index is 1.53. The van der Waals surface area contributed by atoms with Crippen LogP contribution in [0.4, 0.5) is 5.69 Å². The van der Waals surface area contributed by atoms with Gasteiger partial charge in [0.25, 0.3) is 0 Å². The highest BCUT2D eigenvalue weighted by Gasteiger charge is 2.18. The van der Waals surface area contributed by atoms with Gasteiger partial charge >= 0.3 is 0 Å². The second kappa shape index (κ2) is 7.22. The van der Waals surface area contributed by atoms with Crippen molar-refractivity contribution in [1.29, 1.82) is 0 Å². The van der Waals surface area contributed by atoms with Gasteiger partial charge in [-0.2, -0.15) is 0 Å². The van der Waals surface area contributed by atoms with Crippen LogP contribution in [0.15, 0.2) is 47.5 Å². The molecule has 3 N–H and O–H groups in total. The van der Waals surface area contributed by atoms with Crippen LogP contribution in [0.1, 0.15) is 22.3 Å². The van der Waals surface area contributed by atoms with Gasteiger partial charge in [-0.15, -0.1) is 11.8 Å². The van der Waals surface area contributed by atoms with Crippen molar-refractivity contribution >= 4 is 17.4 Å². The summed E-state index contributed by atoms with van der Waals surface area (Å²) in [5.41, 5.74) is 13.0. The van der Waals surface area contributed by atoms with Gasteiger partial charge < -0.3 is 15.8 Å². The number of benzene rings is 2. The van der Waals surface area contributed by atoms with Crippen LogP contribution in [-0.2, 0) is 6.42 Å². The van der Waals surface area contributed by atoms with Gasteiger partial charge in [-0.3, -0.25) is 0 Å². The van der Waals surface area contributed by atoms with E-state index in [0.29, 0.717) is 12.0 Å². The molecule has 0 bridgehead atoms. The maximum atomic E-state index is 5.98. The molecular weight excluding hydrogens is 316 g/mol. The summed E-state index contributed by atoms with van der Waals surface area (Å²) in [5, 5.41) is 6.07. The molecule has 1 unspecified atom stereocenters. The van der Waals surface area contributed by atoms with E-state index in [-0.39, 0.29) is 0 Å². The Hall–Kier alpha value is -2.07. The molecule has 3 nitrogen and oxygen atoms in total. The fourth-order valence-corrected chi connectivity index (χ4v) is 3.69. The number of nitrogens with one attached hydrogen (secondary N) is 1. The average molecular weight is 340 g/mol. The van der Waals surface area contributed by atoms with E-state index in [2.05, 4.69) is 55.8 Å². The molecule has 1 atom stereocenters. The van der Waals surface area contributed by atoms with Gasteiger partial charge in [0.2, 0.25) is 0 Å². The zero-order valence-electron chi connectivity index (χ0n) is 14.4. The van der Waals surface area contributed by atoms with Crippen LogP contribution in [0, 0.1) is 20.8 Å². The lowest BCUT2D eigenvalue weighted by atomic mass is 10.0. The molecule has 0 radical (unpaired) electrons. The van der Waals surface area contributed by atoms with Crippen molar-refractivity contribution in [3.63, 3.8) is 0 Å². The summed E-state index contributed by atoms with van der Waals surface area (Å²) in [6.07, 6.45) is 0.974. The van der Waals surface area contributed by atoms with Gasteiger partial charge in [0.15, 0.2) is 0 Å². The molecule has 0 saturated carbocycles. The molecular formula is C20H24N2OS. The first-order valence-corrected chi connectivity index (χ1v) is 9.11. The standard InChI is InChI=1S/C20H24N2OS/c1-13-4-6-18(7-5-13)23-11-17-12-24-20(22-17)10-16-8-15(3)19(21)9-14(16)2/h4-9,12,20,22H,10-11,21H2,1-3H3. The molecule has 2 aromatic carbocycles. The minimum absolute atomic E-state index is 0.350. The summed E-state index contributed by atoms with van der Waals surface area (Å²) in [5.74, 6) is 0.904. The van der Waals surface area contributed by atoms with Crippen molar-refractivity contribution in [3.8, 4) is 5.75 Å². The van der Waals surface area contributed by atoms with Crippen LogP contribution < -0.4 is 15.8 Å². The Morgan fingerprint density at radius 1 is 1.08 bits per heavy atom. The van der Waals surface area contributed by atoms with E-state index in [4.69, 9.17) is 10.5 Å². The Morgan fingerprint density at radius 3 is 2.58 bits per heavy atom. The van der Waals surface area contributed by atoms with E-state index in [1.54, 1.807) is 0 Å². The molecule has 0 aromatic heterocycles. The smallest absolute Gasteiger partial charge is 0.128 e. The maximum Gasteiger partial charge on any atom is 0.128 e. The summed E-state index contributed by atoms with van der Waals surface area (Å²) in [6.45, 7) is 6.84. The maximum absolute atomic E-state index is 5.98. The van der Waals surface area contributed by atoms with Crippen molar-refractivity contribution in [2.75, 3.05) is 12.3 Å². The van der Waals surface area contributed by atoms with Crippen molar-refractivity contribution in [3.05, 3.63) is 69.8 Å². The molecule has 3 rings (SSSR count). The predicted octanol–water partition coefficient (Wildman–Crippen LogP) is 4.32. The molecule has 126 valence electrons. The van der Waals surface area contributed by atoms with Crippen LogP contribution in [0.3, 0.4) is 0 Å². The van der Waals surface area contributed by atoms with E-state index < -0.39 is 0 Å². The van der Waals surface area contributed by atoms with Crippen molar-refractivity contribution < 1.29 is 4.74 Å². The van der Waals surface area contributed by atoms with Crippen molar-refractivity contribution in [1.82, 2.24) is 5.32 Å². The highest BCUT2D eigenvalue weighted by atomic mass is 32.2. The third-order valence-electron chi connectivity index (χ3n) is 4.27. The Bertz CT molecular complexity index is 753.